The Morgan fingerprint density at radius 1 is 1.18 bits per heavy atom. The number of nitriles is 1. The highest BCUT2D eigenvalue weighted by Gasteiger charge is 2.28. The van der Waals surface area contributed by atoms with Gasteiger partial charge < -0.3 is 0 Å². The van der Waals surface area contributed by atoms with Gasteiger partial charge in [-0.3, -0.25) is 9.69 Å². The van der Waals surface area contributed by atoms with Crippen LogP contribution in [0.15, 0.2) is 69.4 Å². The number of anilines is 2. The van der Waals surface area contributed by atoms with Crippen molar-refractivity contribution >= 4 is 52.4 Å². The standard InChI is InChI=1S/C21H14ClN3OS2/c1-13-6-7-14(11-23)21(24-13)27-12-20(26)25-16-4-2-3-5-18(16)28-19-9-8-15(22)10-17(19)25/h2-10H,12H2,1H3. The Kier molecular flexibility index (Phi) is 5.31. The van der Waals surface area contributed by atoms with Gasteiger partial charge in [-0.25, -0.2) is 4.98 Å². The maximum Gasteiger partial charge on any atom is 0.242 e. The molecule has 2 aromatic carbocycles. The summed E-state index contributed by atoms with van der Waals surface area (Å²) in [7, 11) is 0. The smallest absolute Gasteiger partial charge is 0.242 e. The van der Waals surface area contributed by atoms with Crippen molar-refractivity contribution in [3.05, 3.63) is 70.9 Å². The normalized spacial score (nSPS) is 12.1. The first-order valence-corrected chi connectivity index (χ1v) is 10.6. The molecule has 1 aliphatic rings. The molecule has 1 aliphatic heterocycles. The monoisotopic (exact) mass is 423 g/mol. The van der Waals surface area contributed by atoms with Crippen molar-refractivity contribution in [2.24, 2.45) is 0 Å². The van der Waals surface area contributed by atoms with Crippen LogP contribution >= 0.6 is 35.1 Å². The number of carbonyl (C=O) groups excluding carboxylic acids is 1. The second-order valence-electron chi connectivity index (χ2n) is 6.12. The zero-order valence-corrected chi connectivity index (χ0v) is 17.2. The lowest BCUT2D eigenvalue weighted by molar-refractivity contribution is -0.115. The molecule has 7 heteroatoms. The third-order valence-electron chi connectivity index (χ3n) is 4.19. The molecule has 0 bridgehead atoms. The molecule has 4 nitrogen and oxygen atoms in total. The molecule has 4 rings (SSSR count). The predicted molar refractivity (Wildman–Crippen MR) is 114 cm³/mol. The maximum atomic E-state index is 13.2. The van der Waals surface area contributed by atoms with Gasteiger partial charge in [-0.2, -0.15) is 5.26 Å². The first-order chi connectivity index (χ1) is 13.6. The van der Waals surface area contributed by atoms with E-state index in [4.69, 9.17) is 11.6 Å². The van der Waals surface area contributed by atoms with Gasteiger partial charge in [0.1, 0.15) is 11.1 Å². The second-order valence-corrected chi connectivity index (χ2v) is 8.60. The number of thioether (sulfide) groups is 1. The van der Waals surface area contributed by atoms with Crippen molar-refractivity contribution in [3.63, 3.8) is 0 Å². The highest BCUT2D eigenvalue weighted by Crippen LogP contribution is 2.49. The third kappa shape index (κ3) is 3.61. The lowest BCUT2D eigenvalue weighted by atomic mass is 10.2. The second kappa shape index (κ2) is 7.88. The molecule has 0 N–H and O–H groups in total. The lowest BCUT2D eigenvalue weighted by Crippen LogP contribution is -2.30. The number of halogens is 1. The maximum absolute atomic E-state index is 13.2. The molecule has 0 spiro atoms. The number of aryl methyl sites for hydroxylation is 1. The number of hydrogen-bond donors (Lipinski definition) is 0. The fourth-order valence-electron chi connectivity index (χ4n) is 2.92. The molecular formula is C21H14ClN3OS2. The number of rotatable bonds is 3. The fourth-order valence-corrected chi connectivity index (χ4v) is 4.99. The van der Waals surface area contributed by atoms with E-state index < -0.39 is 0 Å². The summed E-state index contributed by atoms with van der Waals surface area (Å²) in [6.07, 6.45) is 0. The van der Waals surface area contributed by atoms with Crippen LogP contribution in [0.5, 0.6) is 0 Å². The number of fused-ring (bicyclic) bond motifs is 2. The van der Waals surface area contributed by atoms with Crippen LogP contribution in [-0.2, 0) is 4.79 Å². The largest absolute Gasteiger partial charge is 0.278 e. The van der Waals surface area contributed by atoms with Crippen molar-refractivity contribution in [2.45, 2.75) is 21.7 Å². The Morgan fingerprint density at radius 3 is 2.79 bits per heavy atom. The molecule has 138 valence electrons. The van der Waals surface area contributed by atoms with E-state index in [9.17, 15) is 10.1 Å². The summed E-state index contributed by atoms with van der Waals surface area (Å²) in [6.45, 7) is 1.86. The number of aromatic nitrogens is 1. The third-order valence-corrected chi connectivity index (χ3v) is 6.53. The molecule has 0 saturated carbocycles. The molecule has 3 aromatic rings. The van der Waals surface area contributed by atoms with Crippen LogP contribution in [0, 0.1) is 18.3 Å². The lowest BCUT2D eigenvalue weighted by Gasteiger charge is -2.31. The Balaban J connectivity index is 1.67. The molecule has 0 aliphatic carbocycles. The highest BCUT2D eigenvalue weighted by molar-refractivity contribution is 8.00. The van der Waals surface area contributed by atoms with Gasteiger partial charge in [-0.15, -0.1) is 0 Å². The van der Waals surface area contributed by atoms with Crippen molar-refractivity contribution in [1.29, 1.82) is 5.26 Å². The molecule has 2 heterocycles. The van der Waals surface area contributed by atoms with Gasteiger partial charge in [-0.05, 0) is 49.4 Å². The first-order valence-electron chi connectivity index (χ1n) is 8.47. The van der Waals surface area contributed by atoms with Gasteiger partial charge in [-0.1, -0.05) is 47.3 Å². The molecule has 1 aromatic heterocycles. The summed E-state index contributed by atoms with van der Waals surface area (Å²) < 4.78 is 0. The predicted octanol–water partition coefficient (Wildman–Crippen LogP) is 5.84. The molecule has 0 saturated heterocycles. The quantitative estimate of drug-likeness (QED) is 0.495. The minimum Gasteiger partial charge on any atom is -0.278 e. The van der Waals surface area contributed by atoms with Crippen molar-refractivity contribution in [1.82, 2.24) is 4.98 Å². The van der Waals surface area contributed by atoms with E-state index in [2.05, 4.69) is 11.1 Å². The summed E-state index contributed by atoms with van der Waals surface area (Å²) in [4.78, 5) is 21.3. The van der Waals surface area contributed by atoms with Crippen LogP contribution in [0.4, 0.5) is 11.4 Å². The van der Waals surface area contributed by atoms with Gasteiger partial charge in [0, 0.05) is 20.5 Å². The Bertz CT molecular complexity index is 1130. The van der Waals surface area contributed by atoms with Crippen LogP contribution in [0.2, 0.25) is 5.02 Å². The van der Waals surface area contributed by atoms with Gasteiger partial charge in [0.25, 0.3) is 0 Å². The number of hydrogen-bond acceptors (Lipinski definition) is 5. The summed E-state index contributed by atoms with van der Waals surface area (Å²) in [6, 6.07) is 19.0. The highest BCUT2D eigenvalue weighted by atomic mass is 35.5. The van der Waals surface area contributed by atoms with Gasteiger partial charge in [0.2, 0.25) is 5.91 Å². The number of nitrogens with zero attached hydrogens (tertiary/aromatic N) is 3. The Labute approximate surface area is 176 Å². The van der Waals surface area contributed by atoms with E-state index in [1.807, 2.05) is 49.4 Å². The first kappa shape index (κ1) is 18.9. The number of amides is 1. The summed E-state index contributed by atoms with van der Waals surface area (Å²) in [5.74, 6) is 0.0734. The number of benzene rings is 2. The molecule has 28 heavy (non-hydrogen) atoms. The zero-order chi connectivity index (χ0) is 19.7. The molecular weight excluding hydrogens is 410 g/mol. The van der Waals surface area contributed by atoms with E-state index >= 15 is 0 Å². The van der Waals surface area contributed by atoms with Crippen molar-refractivity contribution < 1.29 is 4.79 Å². The molecule has 0 atom stereocenters. The molecule has 0 radical (unpaired) electrons. The van der Waals surface area contributed by atoms with Crippen molar-refractivity contribution in [3.8, 4) is 6.07 Å². The summed E-state index contributed by atoms with van der Waals surface area (Å²) >= 11 is 9.10. The SMILES string of the molecule is Cc1ccc(C#N)c(SCC(=O)N2c3ccccc3Sc3ccc(Cl)cc32)n1. The van der Waals surface area contributed by atoms with Crippen LogP contribution in [0.3, 0.4) is 0 Å². The number of carbonyl (C=O) groups is 1. The average Bonchev–Trinajstić information content (AvgIpc) is 2.70. The van der Waals surface area contributed by atoms with E-state index in [0.717, 1.165) is 26.9 Å². The van der Waals surface area contributed by atoms with Gasteiger partial charge in [0.15, 0.2) is 0 Å². The summed E-state index contributed by atoms with van der Waals surface area (Å²) in [5.41, 5.74) is 2.90. The van der Waals surface area contributed by atoms with E-state index in [0.29, 0.717) is 15.6 Å². The number of pyridine rings is 1. The summed E-state index contributed by atoms with van der Waals surface area (Å²) in [5, 5.41) is 10.4. The van der Waals surface area contributed by atoms with Crippen molar-refractivity contribution in [2.75, 3.05) is 10.7 Å². The van der Waals surface area contributed by atoms with Crippen LogP contribution in [0.25, 0.3) is 0 Å². The zero-order valence-electron chi connectivity index (χ0n) is 14.8. The van der Waals surface area contributed by atoms with Crippen LogP contribution in [-0.4, -0.2) is 16.6 Å². The molecule has 0 unspecified atom stereocenters. The minimum absolute atomic E-state index is 0.0894. The average molecular weight is 424 g/mol. The van der Waals surface area contributed by atoms with E-state index in [1.165, 1.54) is 11.8 Å². The Hall–Kier alpha value is -2.46. The van der Waals surface area contributed by atoms with E-state index in [-0.39, 0.29) is 11.7 Å². The Morgan fingerprint density at radius 2 is 1.96 bits per heavy atom. The van der Waals surface area contributed by atoms with Crippen LogP contribution < -0.4 is 4.90 Å². The topological polar surface area (TPSA) is 57.0 Å². The molecule has 0 fully saturated rings. The van der Waals surface area contributed by atoms with Crippen LogP contribution in [0.1, 0.15) is 11.3 Å². The van der Waals surface area contributed by atoms with Gasteiger partial charge in [0.05, 0.1) is 22.7 Å². The number of para-hydroxylation sites is 1. The fraction of sp³-hybridized carbons (Fsp3) is 0.0952. The minimum atomic E-state index is -0.0894. The van der Waals surface area contributed by atoms with E-state index in [1.54, 1.807) is 28.8 Å². The van der Waals surface area contributed by atoms with Gasteiger partial charge >= 0.3 is 0 Å². The molecule has 1 amide bonds.